The van der Waals surface area contributed by atoms with Crippen molar-refractivity contribution in [3.63, 3.8) is 0 Å². The van der Waals surface area contributed by atoms with E-state index in [4.69, 9.17) is 24.1 Å². The summed E-state index contributed by atoms with van der Waals surface area (Å²) in [4.78, 5) is 27.6. The smallest absolute Gasteiger partial charge is 0.475 e. The molecule has 178 valence electrons. The fraction of sp³-hybridized carbons (Fsp3) is 0.667. The average molecular weight is 460 g/mol. The van der Waals surface area contributed by atoms with Crippen molar-refractivity contribution in [2.24, 2.45) is 0 Å². The molecule has 4 heterocycles. The van der Waals surface area contributed by atoms with E-state index in [0.29, 0.717) is 19.8 Å². The maximum Gasteiger partial charge on any atom is 0.490 e. The molecule has 1 N–H and O–H groups in total. The van der Waals surface area contributed by atoms with Gasteiger partial charge in [-0.1, -0.05) is 6.07 Å². The number of alkyl halides is 3. The molecule has 1 amide bonds. The number of rotatable bonds is 5. The number of halogens is 3. The summed E-state index contributed by atoms with van der Waals surface area (Å²) in [5.41, 5.74) is 1.07. The van der Waals surface area contributed by atoms with Crippen LogP contribution in [0.2, 0.25) is 0 Å². The van der Waals surface area contributed by atoms with Gasteiger partial charge in [-0.15, -0.1) is 0 Å². The van der Waals surface area contributed by atoms with Crippen molar-refractivity contribution in [3.8, 4) is 0 Å². The summed E-state index contributed by atoms with van der Waals surface area (Å²) in [6.45, 7) is 2.66. The molecule has 4 atom stereocenters. The van der Waals surface area contributed by atoms with Crippen LogP contribution in [0.3, 0.4) is 0 Å². The number of fused-ring (bicyclic) bond motifs is 1. The Morgan fingerprint density at radius 2 is 2.03 bits per heavy atom. The highest BCUT2D eigenvalue weighted by molar-refractivity contribution is 5.81. The van der Waals surface area contributed by atoms with Crippen LogP contribution in [-0.2, 0) is 30.4 Å². The topological polar surface area (TPSA) is 98.2 Å². The summed E-state index contributed by atoms with van der Waals surface area (Å²) in [5.74, 6) is -2.59. The fourth-order valence-electron chi connectivity index (χ4n) is 4.14. The van der Waals surface area contributed by atoms with Gasteiger partial charge in [0.05, 0.1) is 31.5 Å². The second-order valence-corrected chi connectivity index (χ2v) is 7.94. The van der Waals surface area contributed by atoms with Gasteiger partial charge in [0.15, 0.2) is 0 Å². The number of carboxylic acids is 1. The molecule has 0 spiro atoms. The number of carbonyl (C=O) groups is 2. The minimum Gasteiger partial charge on any atom is -0.475 e. The van der Waals surface area contributed by atoms with Crippen LogP contribution in [-0.4, -0.2) is 77.2 Å². The van der Waals surface area contributed by atoms with E-state index in [-0.39, 0.29) is 30.3 Å². The third-order valence-electron chi connectivity index (χ3n) is 5.66. The zero-order valence-corrected chi connectivity index (χ0v) is 17.5. The van der Waals surface area contributed by atoms with Crippen LogP contribution < -0.4 is 0 Å². The lowest BCUT2D eigenvalue weighted by atomic mass is 9.99. The van der Waals surface area contributed by atoms with Crippen LogP contribution in [0.4, 0.5) is 13.2 Å². The van der Waals surface area contributed by atoms with E-state index in [1.54, 1.807) is 6.20 Å². The monoisotopic (exact) mass is 460 g/mol. The van der Waals surface area contributed by atoms with Gasteiger partial charge in [0, 0.05) is 25.5 Å². The summed E-state index contributed by atoms with van der Waals surface area (Å²) in [6.07, 6.45) is 3.24. The van der Waals surface area contributed by atoms with Crippen LogP contribution in [0.5, 0.6) is 0 Å². The van der Waals surface area contributed by atoms with Gasteiger partial charge in [-0.2, -0.15) is 13.2 Å². The fourth-order valence-corrected chi connectivity index (χ4v) is 4.14. The summed E-state index contributed by atoms with van der Waals surface area (Å²) < 4.78 is 49.3. The molecule has 2 unspecified atom stereocenters. The van der Waals surface area contributed by atoms with Gasteiger partial charge in [0.25, 0.3) is 5.91 Å². The molecular weight excluding hydrogens is 433 g/mol. The molecule has 3 aliphatic rings. The number of likely N-dealkylation sites (tertiary alicyclic amines) is 1. The highest BCUT2D eigenvalue weighted by atomic mass is 19.4. The first-order valence-corrected chi connectivity index (χ1v) is 10.6. The molecule has 0 bridgehead atoms. The van der Waals surface area contributed by atoms with Crippen molar-refractivity contribution < 1.29 is 42.1 Å². The minimum atomic E-state index is -5.08. The van der Waals surface area contributed by atoms with Crippen LogP contribution >= 0.6 is 0 Å². The largest absolute Gasteiger partial charge is 0.490 e. The zero-order chi connectivity index (χ0) is 23.1. The number of amides is 1. The van der Waals surface area contributed by atoms with E-state index in [1.165, 1.54) is 0 Å². The maximum atomic E-state index is 12.6. The number of hydrogen-bond donors (Lipinski definition) is 1. The number of aromatic nitrogens is 1. The molecule has 0 aliphatic carbocycles. The maximum absolute atomic E-state index is 12.6. The number of pyridine rings is 1. The van der Waals surface area contributed by atoms with E-state index in [1.807, 2.05) is 23.2 Å². The van der Waals surface area contributed by atoms with Crippen molar-refractivity contribution in [2.45, 2.75) is 69.2 Å². The van der Waals surface area contributed by atoms with E-state index in [9.17, 15) is 18.0 Å². The van der Waals surface area contributed by atoms with E-state index in [0.717, 1.165) is 44.2 Å². The lowest BCUT2D eigenvalue weighted by molar-refractivity contribution is -0.192. The van der Waals surface area contributed by atoms with E-state index >= 15 is 0 Å². The Bertz CT molecular complexity index is 758. The van der Waals surface area contributed by atoms with E-state index < -0.39 is 12.1 Å². The molecular formula is C21H27F3N2O6. The summed E-state index contributed by atoms with van der Waals surface area (Å²) in [5, 5.41) is 7.12. The van der Waals surface area contributed by atoms with Gasteiger partial charge in [0.2, 0.25) is 0 Å². The van der Waals surface area contributed by atoms with Crippen molar-refractivity contribution >= 4 is 11.9 Å². The molecule has 1 aromatic rings. The second kappa shape index (κ2) is 11.1. The van der Waals surface area contributed by atoms with Crippen LogP contribution in [0.1, 0.15) is 37.7 Å². The number of ether oxygens (including phenoxy) is 3. The number of carbonyl (C=O) groups excluding carboxylic acids is 1. The Labute approximate surface area is 183 Å². The highest BCUT2D eigenvalue weighted by Crippen LogP contribution is 2.33. The van der Waals surface area contributed by atoms with E-state index in [2.05, 4.69) is 4.98 Å². The molecule has 3 saturated heterocycles. The Kier molecular flexibility index (Phi) is 8.44. The molecule has 4 rings (SSSR count). The molecule has 8 nitrogen and oxygen atoms in total. The first kappa shape index (κ1) is 24.4. The molecule has 1 aromatic heterocycles. The Morgan fingerprint density at radius 1 is 1.25 bits per heavy atom. The molecule has 32 heavy (non-hydrogen) atoms. The molecule has 11 heteroatoms. The number of nitrogens with zero attached hydrogens (tertiary/aromatic N) is 2. The SMILES string of the molecule is O=C(C1CCCO1)N1CC[C@@H]2OC(COCc3cccnc3)CC[C@@H]21.O=C(O)C(F)(F)F. The molecule has 0 radical (unpaired) electrons. The summed E-state index contributed by atoms with van der Waals surface area (Å²) >= 11 is 0. The van der Waals surface area contributed by atoms with Crippen LogP contribution in [0.15, 0.2) is 24.5 Å². The summed E-state index contributed by atoms with van der Waals surface area (Å²) in [6, 6.07) is 4.14. The van der Waals surface area contributed by atoms with Crippen molar-refractivity contribution in [1.29, 1.82) is 0 Å². The van der Waals surface area contributed by atoms with Crippen molar-refractivity contribution in [3.05, 3.63) is 30.1 Å². The van der Waals surface area contributed by atoms with Gasteiger partial charge >= 0.3 is 12.1 Å². The number of carboxylic acid groups (broad SMARTS) is 1. The number of aliphatic carboxylic acids is 1. The Balaban J connectivity index is 0.000000360. The average Bonchev–Trinajstić information content (AvgIpc) is 3.44. The predicted molar refractivity (Wildman–Crippen MR) is 105 cm³/mol. The van der Waals surface area contributed by atoms with Gasteiger partial charge in [-0.05, 0) is 43.7 Å². The molecule has 0 saturated carbocycles. The Hall–Kier alpha value is -2.24. The van der Waals surface area contributed by atoms with Gasteiger partial charge in [-0.25, -0.2) is 4.79 Å². The minimum absolute atomic E-state index is 0.121. The zero-order valence-electron chi connectivity index (χ0n) is 17.5. The molecule has 3 fully saturated rings. The lowest BCUT2D eigenvalue weighted by Gasteiger charge is -2.36. The standard InChI is InChI=1S/C19H26N2O4.C2HF3O2/c22-19(18-4-2-10-24-18)21-9-7-17-16(21)6-5-15(25-17)13-23-12-14-3-1-8-20-11-14;3-2(4,5)1(6)7/h1,3,8,11,15-18H,2,4-7,9-10,12-13H2;(H,6,7)/t15?,16-,17-,18?;/m0./s1. The first-order valence-electron chi connectivity index (χ1n) is 10.6. The van der Waals surface area contributed by atoms with Crippen molar-refractivity contribution in [1.82, 2.24) is 9.88 Å². The normalized spacial score (nSPS) is 27.4. The highest BCUT2D eigenvalue weighted by Gasteiger charge is 2.44. The second-order valence-electron chi connectivity index (χ2n) is 7.94. The van der Waals surface area contributed by atoms with Gasteiger partial charge in [-0.3, -0.25) is 9.78 Å². The van der Waals surface area contributed by atoms with Gasteiger partial charge < -0.3 is 24.2 Å². The predicted octanol–water partition coefficient (Wildman–Crippen LogP) is 2.56. The van der Waals surface area contributed by atoms with Crippen molar-refractivity contribution in [2.75, 3.05) is 19.8 Å². The first-order chi connectivity index (χ1) is 15.3. The van der Waals surface area contributed by atoms with Crippen LogP contribution in [0.25, 0.3) is 0 Å². The van der Waals surface area contributed by atoms with Crippen LogP contribution in [0, 0.1) is 0 Å². The third-order valence-corrected chi connectivity index (χ3v) is 5.66. The Morgan fingerprint density at radius 3 is 2.66 bits per heavy atom. The van der Waals surface area contributed by atoms with Gasteiger partial charge in [0.1, 0.15) is 6.10 Å². The lowest BCUT2D eigenvalue weighted by Crippen LogP contribution is -2.48. The number of hydrogen-bond acceptors (Lipinski definition) is 6. The quantitative estimate of drug-likeness (QED) is 0.721. The third kappa shape index (κ3) is 6.63. The molecule has 0 aromatic carbocycles. The molecule has 3 aliphatic heterocycles. The summed E-state index contributed by atoms with van der Waals surface area (Å²) in [7, 11) is 0.